The molecule has 134 valence electrons. The zero-order valence-corrected chi connectivity index (χ0v) is 15.0. The number of hydrogen-bond acceptors (Lipinski definition) is 6. The van der Waals surface area contributed by atoms with Crippen LogP contribution in [0, 0.1) is 0 Å². The summed E-state index contributed by atoms with van der Waals surface area (Å²) in [5.74, 6) is 1.37. The van der Waals surface area contributed by atoms with Gasteiger partial charge in [-0.3, -0.25) is 4.72 Å². The second-order valence-electron chi connectivity index (χ2n) is 5.44. The van der Waals surface area contributed by atoms with E-state index in [-0.39, 0.29) is 0 Å². The van der Waals surface area contributed by atoms with Gasteiger partial charge in [0.2, 0.25) is 0 Å². The predicted molar refractivity (Wildman–Crippen MR) is 103 cm³/mol. The number of anilines is 4. The van der Waals surface area contributed by atoms with Crippen molar-refractivity contribution in [2.45, 2.75) is 26.2 Å². The molecule has 2 rings (SSSR count). The van der Waals surface area contributed by atoms with Crippen LogP contribution in [0.2, 0.25) is 0 Å². The molecular formula is C17H23N5O2S. The Labute approximate surface area is 148 Å². The number of nitrogens with zero attached hydrogens (tertiary/aromatic N) is 2. The first-order valence-corrected chi connectivity index (χ1v) is 9.65. The van der Waals surface area contributed by atoms with Gasteiger partial charge in [-0.05, 0) is 24.6 Å². The number of unbranched alkanes of at least 4 members (excludes halogenated alkanes) is 2. The Bertz CT molecular complexity index is 808. The molecule has 8 heteroatoms. The summed E-state index contributed by atoms with van der Waals surface area (Å²) < 4.78 is 25.5. The van der Waals surface area contributed by atoms with Crippen LogP contribution in [0.25, 0.3) is 0 Å². The van der Waals surface area contributed by atoms with E-state index in [1.54, 1.807) is 18.2 Å². The third-order valence-corrected chi connectivity index (χ3v) is 4.33. The molecule has 3 N–H and O–H groups in total. The second-order valence-corrected chi connectivity index (χ2v) is 7.07. The zero-order valence-electron chi connectivity index (χ0n) is 14.2. The third kappa shape index (κ3) is 6.42. The average Bonchev–Trinajstić information content (AvgIpc) is 2.59. The van der Waals surface area contributed by atoms with E-state index in [0.29, 0.717) is 17.2 Å². The molecule has 25 heavy (non-hydrogen) atoms. The van der Waals surface area contributed by atoms with E-state index in [1.807, 2.05) is 12.1 Å². The van der Waals surface area contributed by atoms with Crippen molar-refractivity contribution in [3.05, 3.63) is 48.6 Å². The summed E-state index contributed by atoms with van der Waals surface area (Å²) in [4.78, 5) is 8.37. The van der Waals surface area contributed by atoms with Crippen molar-refractivity contribution in [2.24, 2.45) is 0 Å². The quantitative estimate of drug-likeness (QED) is 0.558. The highest BCUT2D eigenvalue weighted by Gasteiger charge is 2.05. The molecule has 0 unspecified atom stereocenters. The molecule has 0 saturated carbocycles. The summed E-state index contributed by atoms with van der Waals surface area (Å²) in [6.45, 7) is 6.30. The van der Waals surface area contributed by atoms with Crippen molar-refractivity contribution in [1.82, 2.24) is 9.97 Å². The van der Waals surface area contributed by atoms with Crippen LogP contribution in [-0.2, 0) is 10.0 Å². The molecule has 0 spiro atoms. The Morgan fingerprint density at radius 3 is 2.64 bits per heavy atom. The lowest BCUT2D eigenvalue weighted by Crippen LogP contribution is -2.08. The predicted octanol–water partition coefficient (Wildman–Crippen LogP) is 3.71. The molecule has 7 nitrogen and oxygen atoms in total. The molecule has 0 fully saturated rings. The first-order valence-electron chi connectivity index (χ1n) is 8.10. The van der Waals surface area contributed by atoms with Crippen LogP contribution in [0.3, 0.4) is 0 Å². The second kappa shape index (κ2) is 9.03. The molecule has 0 saturated heterocycles. The van der Waals surface area contributed by atoms with Gasteiger partial charge < -0.3 is 10.6 Å². The molecule has 1 aromatic carbocycles. The lowest BCUT2D eigenvalue weighted by Gasteiger charge is -2.10. The van der Waals surface area contributed by atoms with E-state index in [2.05, 4.69) is 38.8 Å². The van der Waals surface area contributed by atoms with Crippen molar-refractivity contribution in [3.63, 3.8) is 0 Å². The highest BCUT2D eigenvalue weighted by Crippen LogP contribution is 2.20. The Balaban J connectivity index is 2.03. The number of benzene rings is 1. The third-order valence-electron chi connectivity index (χ3n) is 3.37. The fraction of sp³-hybridized carbons (Fsp3) is 0.294. The molecule has 2 aromatic rings. The summed E-state index contributed by atoms with van der Waals surface area (Å²) in [6, 6.07) is 8.72. The Kier molecular flexibility index (Phi) is 6.76. The van der Waals surface area contributed by atoms with Crippen LogP contribution in [0.15, 0.2) is 48.6 Å². The highest BCUT2D eigenvalue weighted by atomic mass is 32.2. The Morgan fingerprint density at radius 1 is 1.12 bits per heavy atom. The SMILES string of the molecule is C=CS(=O)(=O)Nc1cccc(Nc2cc(NCCCCC)ncn2)c1. The van der Waals surface area contributed by atoms with E-state index in [0.717, 1.165) is 24.2 Å². The first-order chi connectivity index (χ1) is 12.0. The monoisotopic (exact) mass is 361 g/mol. The van der Waals surface area contributed by atoms with Crippen molar-refractivity contribution < 1.29 is 8.42 Å². The lowest BCUT2D eigenvalue weighted by molar-refractivity contribution is 0.609. The Hall–Kier alpha value is -2.61. The van der Waals surface area contributed by atoms with Gasteiger partial charge in [0, 0.05) is 23.7 Å². The minimum absolute atomic E-state index is 0.442. The molecular weight excluding hydrogens is 338 g/mol. The van der Waals surface area contributed by atoms with Crippen molar-refractivity contribution in [1.29, 1.82) is 0 Å². The maximum atomic E-state index is 11.6. The molecule has 0 aliphatic rings. The maximum Gasteiger partial charge on any atom is 0.254 e. The molecule has 0 amide bonds. The first kappa shape index (κ1) is 18.7. The largest absolute Gasteiger partial charge is 0.370 e. The number of aromatic nitrogens is 2. The van der Waals surface area contributed by atoms with Gasteiger partial charge in [0.1, 0.15) is 18.0 Å². The van der Waals surface area contributed by atoms with Gasteiger partial charge in [0.05, 0.1) is 5.69 Å². The van der Waals surface area contributed by atoms with Gasteiger partial charge in [0.15, 0.2) is 0 Å². The van der Waals surface area contributed by atoms with Gasteiger partial charge in [-0.1, -0.05) is 32.4 Å². The summed E-state index contributed by atoms with van der Waals surface area (Å²) in [6.07, 6.45) is 4.92. The van der Waals surface area contributed by atoms with Crippen LogP contribution >= 0.6 is 0 Å². The minimum atomic E-state index is -3.53. The van der Waals surface area contributed by atoms with Gasteiger partial charge in [-0.2, -0.15) is 0 Å². The number of sulfonamides is 1. The number of hydrogen-bond donors (Lipinski definition) is 3. The topological polar surface area (TPSA) is 96.0 Å². The molecule has 1 aromatic heterocycles. The van der Waals surface area contributed by atoms with Gasteiger partial charge >= 0.3 is 0 Å². The van der Waals surface area contributed by atoms with Gasteiger partial charge in [0.25, 0.3) is 10.0 Å². The zero-order chi connectivity index (χ0) is 18.1. The molecule has 0 atom stereocenters. The van der Waals surface area contributed by atoms with E-state index in [4.69, 9.17) is 0 Å². The van der Waals surface area contributed by atoms with E-state index in [1.165, 1.54) is 19.2 Å². The maximum absolute atomic E-state index is 11.6. The van der Waals surface area contributed by atoms with E-state index >= 15 is 0 Å². The number of nitrogens with one attached hydrogen (secondary N) is 3. The summed E-state index contributed by atoms with van der Waals surface area (Å²) >= 11 is 0. The summed E-state index contributed by atoms with van der Waals surface area (Å²) in [5.41, 5.74) is 1.15. The molecule has 0 aliphatic heterocycles. The van der Waals surface area contributed by atoms with Crippen molar-refractivity contribution >= 4 is 33.0 Å². The summed E-state index contributed by atoms with van der Waals surface area (Å²) in [7, 11) is -3.53. The molecule has 0 radical (unpaired) electrons. The smallest absolute Gasteiger partial charge is 0.254 e. The highest BCUT2D eigenvalue weighted by molar-refractivity contribution is 7.95. The van der Waals surface area contributed by atoms with Crippen LogP contribution in [-0.4, -0.2) is 24.9 Å². The van der Waals surface area contributed by atoms with Crippen LogP contribution in [0.5, 0.6) is 0 Å². The fourth-order valence-corrected chi connectivity index (χ4v) is 2.67. The molecule has 0 bridgehead atoms. The van der Waals surface area contributed by atoms with E-state index in [9.17, 15) is 8.42 Å². The van der Waals surface area contributed by atoms with Crippen LogP contribution in [0.1, 0.15) is 26.2 Å². The number of rotatable bonds is 10. The van der Waals surface area contributed by atoms with Gasteiger partial charge in [-0.25, -0.2) is 18.4 Å². The van der Waals surface area contributed by atoms with Crippen molar-refractivity contribution in [2.75, 3.05) is 21.9 Å². The normalized spacial score (nSPS) is 10.9. The van der Waals surface area contributed by atoms with Crippen LogP contribution in [0.4, 0.5) is 23.0 Å². The standard InChI is InChI=1S/C17H23N5O2S/c1-3-5-6-10-18-16-12-17(20-13-19-16)21-14-8-7-9-15(11-14)22-25(23,24)4-2/h4,7-9,11-13,22H,2-3,5-6,10H2,1H3,(H2,18,19,20,21). The average molecular weight is 361 g/mol. The Morgan fingerprint density at radius 2 is 1.88 bits per heavy atom. The van der Waals surface area contributed by atoms with Crippen molar-refractivity contribution in [3.8, 4) is 0 Å². The van der Waals surface area contributed by atoms with Crippen LogP contribution < -0.4 is 15.4 Å². The summed E-state index contributed by atoms with van der Waals surface area (Å²) in [5, 5.41) is 7.27. The lowest BCUT2D eigenvalue weighted by atomic mass is 10.2. The van der Waals surface area contributed by atoms with Gasteiger partial charge in [-0.15, -0.1) is 0 Å². The minimum Gasteiger partial charge on any atom is -0.370 e. The molecule has 0 aliphatic carbocycles. The molecule has 1 heterocycles. The van der Waals surface area contributed by atoms with E-state index < -0.39 is 10.0 Å². The fourth-order valence-electron chi connectivity index (χ4n) is 2.13.